The Hall–Kier alpha value is -1.71. The second-order valence-electron chi connectivity index (χ2n) is 11.8. The van der Waals surface area contributed by atoms with Crippen LogP contribution >= 0.6 is 0 Å². The largest absolute Gasteiger partial charge is 0.373 e. The zero-order valence-electron chi connectivity index (χ0n) is 24.0. The van der Waals surface area contributed by atoms with E-state index in [-0.39, 0.29) is 0 Å². The first kappa shape index (κ1) is 30.3. The van der Waals surface area contributed by atoms with E-state index in [1.807, 2.05) is 0 Å². The predicted octanol–water partition coefficient (Wildman–Crippen LogP) is 4.39. The summed E-state index contributed by atoms with van der Waals surface area (Å²) >= 11 is 0. The average molecular weight is 550 g/mol. The van der Waals surface area contributed by atoms with Gasteiger partial charge in [0.15, 0.2) is 0 Å². The molecule has 0 saturated carbocycles. The van der Waals surface area contributed by atoms with E-state index >= 15 is 0 Å². The summed E-state index contributed by atoms with van der Waals surface area (Å²) < 4.78 is 19.8. The molecule has 9 nitrogen and oxygen atoms in total. The van der Waals surface area contributed by atoms with Crippen LogP contribution in [-0.4, -0.2) is 51.8 Å². The normalized spacial score (nSPS) is 21.4. The highest BCUT2D eigenvalue weighted by Gasteiger charge is 2.22. The van der Waals surface area contributed by atoms with Crippen molar-refractivity contribution in [2.75, 3.05) is 19.8 Å². The Labute approximate surface area is 232 Å². The third-order valence-corrected chi connectivity index (χ3v) is 8.32. The maximum Gasteiger partial charge on any atom is 0.336 e. The van der Waals surface area contributed by atoms with Gasteiger partial charge in [-0.15, -0.1) is 0 Å². The number of hydrogen-bond acceptors (Lipinski definition) is 6. The third-order valence-electron chi connectivity index (χ3n) is 8.32. The summed E-state index contributed by atoms with van der Waals surface area (Å²) in [5.41, 5.74) is -1.29. The quantitative estimate of drug-likeness (QED) is 0.140. The second kappa shape index (κ2) is 16.5. The monoisotopic (exact) mass is 549 g/mol. The number of epoxide rings is 3. The van der Waals surface area contributed by atoms with Gasteiger partial charge in [-0.1, -0.05) is 77.0 Å². The Morgan fingerprint density at radius 1 is 0.410 bits per heavy atom. The lowest BCUT2D eigenvalue weighted by atomic mass is 10.1. The molecule has 9 heteroatoms. The van der Waals surface area contributed by atoms with Gasteiger partial charge >= 0.3 is 17.1 Å². The molecule has 4 rings (SSSR count). The molecule has 3 aliphatic heterocycles. The fourth-order valence-electron chi connectivity index (χ4n) is 5.48. The van der Waals surface area contributed by atoms with Gasteiger partial charge in [0.05, 0.1) is 38.1 Å². The first-order valence-electron chi connectivity index (χ1n) is 15.9. The molecule has 0 radical (unpaired) electrons. The van der Waals surface area contributed by atoms with Crippen molar-refractivity contribution in [3.8, 4) is 0 Å². The lowest BCUT2D eigenvalue weighted by Gasteiger charge is -2.14. The standard InChI is InChI=1S/C30H51N3O6/c34-28-31(19-13-7-1-4-10-16-25-22-37-25)29(35)33(21-15-9-3-6-12-18-27-24-39-27)30(36)32(28)20-14-8-2-5-11-17-26-23-38-26/h25-27H,1-24H2. The van der Waals surface area contributed by atoms with Crippen LogP contribution in [0.3, 0.4) is 0 Å². The fourth-order valence-corrected chi connectivity index (χ4v) is 5.48. The summed E-state index contributed by atoms with van der Waals surface area (Å²) in [5, 5.41) is 0. The molecule has 3 unspecified atom stereocenters. The van der Waals surface area contributed by atoms with Crippen LogP contribution in [-0.2, 0) is 33.8 Å². The highest BCUT2D eigenvalue weighted by molar-refractivity contribution is 4.80. The van der Waals surface area contributed by atoms with Crippen LogP contribution in [0.4, 0.5) is 0 Å². The van der Waals surface area contributed by atoms with Crippen LogP contribution in [0.2, 0.25) is 0 Å². The number of rotatable bonds is 24. The van der Waals surface area contributed by atoms with Gasteiger partial charge in [0.25, 0.3) is 0 Å². The zero-order valence-corrected chi connectivity index (χ0v) is 24.0. The number of ether oxygens (including phenoxy) is 3. The highest BCUT2D eigenvalue weighted by Crippen LogP contribution is 2.19. The molecule has 0 N–H and O–H groups in total. The Bertz CT molecular complexity index is 860. The van der Waals surface area contributed by atoms with Crippen LogP contribution in [0.1, 0.15) is 116 Å². The van der Waals surface area contributed by atoms with Crippen molar-refractivity contribution in [3.63, 3.8) is 0 Å². The van der Waals surface area contributed by atoms with E-state index in [4.69, 9.17) is 14.2 Å². The SMILES string of the molecule is O=c1n(CCCCCCCC2CO2)c(=O)n(CCCCCCCC2CO2)c(=O)n1CCCCCCCC1CO1. The van der Waals surface area contributed by atoms with Crippen LogP contribution in [0.15, 0.2) is 14.4 Å². The molecule has 4 heterocycles. The molecule has 3 saturated heterocycles. The maximum absolute atomic E-state index is 13.2. The number of hydrogen-bond donors (Lipinski definition) is 0. The van der Waals surface area contributed by atoms with Gasteiger partial charge in [0.1, 0.15) is 0 Å². The van der Waals surface area contributed by atoms with Crippen molar-refractivity contribution in [2.45, 2.75) is 154 Å². The minimum Gasteiger partial charge on any atom is -0.373 e. The van der Waals surface area contributed by atoms with Crippen LogP contribution < -0.4 is 17.1 Å². The summed E-state index contributed by atoms with van der Waals surface area (Å²) in [6.45, 7) is 3.90. The van der Waals surface area contributed by atoms with Crippen LogP contribution in [0.25, 0.3) is 0 Å². The minimum atomic E-state index is -0.430. The van der Waals surface area contributed by atoms with Crippen molar-refractivity contribution < 1.29 is 14.2 Å². The topological polar surface area (TPSA) is 104 Å². The smallest absolute Gasteiger partial charge is 0.336 e. The van der Waals surface area contributed by atoms with Gasteiger partial charge in [-0.3, -0.25) is 0 Å². The van der Waals surface area contributed by atoms with E-state index < -0.39 is 17.1 Å². The summed E-state index contributed by atoms with van der Waals surface area (Å²) in [5.74, 6) is 0. The van der Waals surface area contributed by atoms with Gasteiger partial charge < -0.3 is 14.2 Å². The summed E-state index contributed by atoms with van der Waals surface area (Å²) in [4.78, 5) is 39.7. The van der Waals surface area contributed by atoms with Crippen molar-refractivity contribution in [3.05, 3.63) is 31.5 Å². The van der Waals surface area contributed by atoms with Crippen LogP contribution in [0.5, 0.6) is 0 Å². The molecule has 1 aromatic rings. The lowest BCUT2D eigenvalue weighted by molar-refractivity contribution is 0.383. The molecule has 3 atom stereocenters. The number of unbranched alkanes of at least 4 members (excludes halogenated alkanes) is 12. The van der Waals surface area contributed by atoms with E-state index in [2.05, 4.69) is 0 Å². The van der Waals surface area contributed by atoms with Gasteiger partial charge in [-0.05, 0) is 38.5 Å². The number of aromatic nitrogens is 3. The fraction of sp³-hybridized carbons (Fsp3) is 0.900. The van der Waals surface area contributed by atoms with Crippen molar-refractivity contribution in [2.24, 2.45) is 0 Å². The average Bonchev–Trinajstić information content (AvgIpc) is 3.77. The molecule has 3 fully saturated rings. The van der Waals surface area contributed by atoms with Gasteiger partial charge in [-0.2, -0.15) is 0 Å². The first-order chi connectivity index (χ1) is 19.1. The van der Waals surface area contributed by atoms with Crippen molar-refractivity contribution in [1.82, 2.24) is 13.7 Å². The molecule has 222 valence electrons. The highest BCUT2D eigenvalue weighted by atomic mass is 16.6. The van der Waals surface area contributed by atoms with Gasteiger partial charge in [0, 0.05) is 19.6 Å². The first-order valence-corrected chi connectivity index (χ1v) is 15.9. The lowest BCUT2D eigenvalue weighted by Crippen LogP contribution is -2.54. The Morgan fingerprint density at radius 3 is 0.897 bits per heavy atom. The summed E-state index contributed by atoms with van der Waals surface area (Å²) in [6.07, 6.45) is 20.4. The van der Waals surface area contributed by atoms with E-state index in [0.29, 0.717) is 37.9 Å². The Kier molecular flexibility index (Phi) is 12.8. The molecule has 0 aliphatic carbocycles. The molecular weight excluding hydrogens is 498 g/mol. The number of nitrogens with zero attached hydrogens (tertiary/aromatic N) is 3. The van der Waals surface area contributed by atoms with E-state index in [1.165, 1.54) is 33.0 Å². The molecular formula is C30H51N3O6. The summed E-state index contributed by atoms with van der Waals surface area (Å²) in [6, 6.07) is 0. The van der Waals surface area contributed by atoms with E-state index in [0.717, 1.165) is 116 Å². The molecule has 1 aromatic heterocycles. The minimum absolute atomic E-state index is 0.385. The predicted molar refractivity (Wildman–Crippen MR) is 152 cm³/mol. The Morgan fingerprint density at radius 2 is 0.641 bits per heavy atom. The van der Waals surface area contributed by atoms with E-state index in [1.54, 1.807) is 0 Å². The van der Waals surface area contributed by atoms with E-state index in [9.17, 15) is 14.4 Å². The van der Waals surface area contributed by atoms with Gasteiger partial charge in [-0.25, -0.2) is 28.1 Å². The third kappa shape index (κ3) is 11.4. The molecule has 0 spiro atoms. The molecule has 0 aromatic carbocycles. The Balaban J connectivity index is 1.26. The van der Waals surface area contributed by atoms with Gasteiger partial charge in [0.2, 0.25) is 0 Å². The zero-order chi connectivity index (χ0) is 27.3. The molecule has 0 bridgehead atoms. The summed E-state index contributed by atoms with van der Waals surface area (Å²) in [7, 11) is 0. The molecule has 39 heavy (non-hydrogen) atoms. The molecule has 3 aliphatic rings. The molecule has 0 amide bonds. The van der Waals surface area contributed by atoms with Crippen molar-refractivity contribution in [1.29, 1.82) is 0 Å². The van der Waals surface area contributed by atoms with Crippen molar-refractivity contribution >= 4 is 0 Å². The van der Waals surface area contributed by atoms with Crippen LogP contribution in [0, 0.1) is 0 Å². The second-order valence-corrected chi connectivity index (χ2v) is 11.8. The maximum atomic E-state index is 13.2.